The van der Waals surface area contributed by atoms with E-state index in [0.29, 0.717) is 0 Å². The highest BCUT2D eigenvalue weighted by Crippen LogP contribution is 2.64. The van der Waals surface area contributed by atoms with Gasteiger partial charge in [-0.2, -0.15) is 0 Å². The first kappa shape index (κ1) is 21.3. The topological polar surface area (TPSA) is 15.8 Å². The Bertz CT molecular complexity index is 1990. The quantitative estimate of drug-likeness (QED) is 0.233. The Kier molecular flexibility index (Phi) is 4.09. The first-order chi connectivity index (χ1) is 19.3. The molecule has 1 aromatic heterocycles. The van der Waals surface area contributed by atoms with Gasteiger partial charge < -0.3 is 4.98 Å². The van der Waals surface area contributed by atoms with Crippen LogP contribution >= 0.6 is 0 Å². The van der Waals surface area contributed by atoms with Crippen molar-refractivity contribution in [2.24, 2.45) is 0 Å². The number of aromatic nitrogens is 1. The molecule has 184 valence electrons. The third-order valence-corrected chi connectivity index (χ3v) is 9.56. The van der Waals surface area contributed by atoms with Crippen molar-refractivity contribution in [2.45, 2.75) is 25.2 Å². The molecule has 0 bridgehead atoms. The van der Waals surface area contributed by atoms with Crippen molar-refractivity contribution >= 4 is 16.5 Å². The smallest absolute Gasteiger partial charge is 0.0689 e. The van der Waals surface area contributed by atoms with E-state index in [1.807, 2.05) is 0 Å². The molecule has 1 spiro atoms. The second-order valence-electron chi connectivity index (χ2n) is 11.3. The Morgan fingerprint density at radius 2 is 1.10 bits per heavy atom. The summed E-state index contributed by atoms with van der Waals surface area (Å²) in [6, 6.07) is 42.9. The fourth-order valence-corrected chi connectivity index (χ4v) is 8.09. The van der Waals surface area contributed by atoms with Crippen LogP contribution in [0.25, 0.3) is 38.7 Å². The minimum atomic E-state index is -0.229. The van der Waals surface area contributed by atoms with Crippen LogP contribution in [0.1, 0.15) is 45.5 Å². The largest absolute Gasteiger partial charge is 0.354 e. The van der Waals surface area contributed by atoms with Crippen LogP contribution in [0.3, 0.4) is 0 Å². The van der Waals surface area contributed by atoms with Gasteiger partial charge in [-0.1, -0.05) is 115 Å². The zero-order valence-electron chi connectivity index (χ0n) is 21.9. The third kappa shape index (κ3) is 2.51. The molecule has 5 aromatic carbocycles. The van der Waals surface area contributed by atoms with Crippen LogP contribution in [-0.4, -0.2) is 4.98 Å². The predicted octanol–water partition coefficient (Wildman–Crippen LogP) is 9.22. The zero-order valence-corrected chi connectivity index (χ0v) is 21.9. The summed E-state index contributed by atoms with van der Waals surface area (Å²) in [5.74, 6) is 0. The number of para-hydroxylation sites is 1. The van der Waals surface area contributed by atoms with Gasteiger partial charge in [0, 0.05) is 16.5 Å². The lowest BCUT2D eigenvalue weighted by molar-refractivity contribution is 0.707. The summed E-state index contributed by atoms with van der Waals surface area (Å²) in [5, 5.41) is 1.36. The van der Waals surface area contributed by atoms with Gasteiger partial charge in [0.2, 0.25) is 0 Å². The molecule has 3 aliphatic carbocycles. The van der Waals surface area contributed by atoms with Crippen molar-refractivity contribution in [2.75, 3.05) is 0 Å². The molecule has 6 aromatic rings. The lowest BCUT2D eigenvalue weighted by atomic mass is 9.67. The molecular formula is C38H27N. The summed E-state index contributed by atoms with van der Waals surface area (Å²) in [6.07, 6.45) is 2.10. The number of benzene rings is 5. The van der Waals surface area contributed by atoms with E-state index in [1.54, 1.807) is 5.57 Å². The van der Waals surface area contributed by atoms with Crippen molar-refractivity contribution in [3.05, 3.63) is 160 Å². The summed E-state index contributed by atoms with van der Waals surface area (Å²) < 4.78 is 0. The highest BCUT2D eigenvalue weighted by atomic mass is 14.8. The predicted molar refractivity (Wildman–Crippen MR) is 161 cm³/mol. The number of fused-ring (bicyclic) bond motifs is 13. The monoisotopic (exact) mass is 497 g/mol. The van der Waals surface area contributed by atoms with Crippen LogP contribution in [-0.2, 0) is 11.8 Å². The van der Waals surface area contributed by atoms with Gasteiger partial charge >= 0.3 is 0 Å². The van der Waals surface area contributed by atoms with E-state index in [2.05, 4.69) is 127 Å². The number of nitrogens with one attached hydrogen (secondary N) is 1. The summed E-state index contributed by atoms with van der Waals surface area (Å²) in [4.78, 5) is 4.02. The second kappa shape index (κ2) is 7.48. The standard InChI is InChI=1S/C38H27N/c1-23-11-2-3-12-24(23)27-16-10-17-28-29-21-22-34-35(37(29)39-36(27)28)30-15-6-9-20-33(30)38(34)31-18-7-4-13-25(31)26-14-5-8-19-32(26)38/h2-20,39H,21-22H2,1H3. The van der Waals surface area contributed by atoms with Crippen LogP contribution in [0.5, 0.6) is 0 Å². The van der Waals surface area contributed by atoms with Crippen LogP contribution in [0, 0.1) is 6.92 Å². The summed E-state index contributed by atoms with van der Waals surface area (Å²) >= 11 is 0. The van der Waals surface area contributed by atoms with Crippen LogP contribution < -0.4 is 0 Å². The SMILES string of the molecule is Cc1ccccc1-c1cccc2c3c([nH]c12)C1=C(CC3)C2(c3ccccc31)c1ccccc1-c1ccccc12. The molecule has 9 rings (SSSR count). The summed E-state index contributed by atoms with van der Waals surface area (Å²) in [5.41, 5.74) is 19.1. The van der Waals surface area contributed by atoms with Crippen molar-refractivity contribution in [3.8, 4) is 22.3 Å². The Morgan fingerprint density at radius 1 is 0.538 bits per heavy atom. The average Bonchev–Trinajstić information content (AvgIpc) is 3.61. The van der Waals surface area contributed by atoms with E-state index in [-0.39, 0.29) is 5.41 Å². The lowest BCUT2D eigenvalue weighted by Crippen LogP contribution is -2.28. The van der Waals surface area contributed by atoms with Gasteiger partial charge in [0.05, 0.1) is 16.6 Å². The van der Waals surface area contributed by atoms with Crippen LogP contribution in [0.2, 0.25) is 0 Å². The lowest BCUT2D eigenvalue weighted by Gasteiger charge is -2.34. The molecule has 0 saturated carbocycles. The number of rotatable bonds is 1. The Hall–Kier alpha value is -4.62. The minimum Gasteiger partial charge on any atom is -0.354 e. The van der Waals surface area contributed by atoms with Gasteiger partial charge in [0.25, 0.3) is 0 Å². The molecule has 0 saturated heterocycles. The molecule has 1 N–H and O–H groups in total. The molecule has 0 amide bonds. The molecule has 0 radical (unpaired) electrons. The summed E-state index contributed by atoms with van der Waals surface area (Å²) in [7, 11) is 0. The maximum Gasteiger partial charge on any atom is 0.0689 e. The first-order valence-corrected chi connectivity index (χ1v) is 14.0. The number of H-pyrrole nitrogens is 1. The number of hydrogen-bond donors (Lipinski definition) is 1. The van der Waals surface area contributed by atoms with Gasteiger partial charge in [-0.05, 0) is 75.4 Å². The maximum absolute atomic E-state index is 4.02. The third-order valence-electron chi connectivity index (χ3n) is 9.56. The maximum atomic E-state index is 4.02. The molecule has 39 heavy (non-hydrogen) atoms. The van der Waals surface area contributed by atoms with Crippen LogP contribution in [0.15, 0.2) is 121 Å². The minimum absolute atomic E-state index is 0.229. The van der Waals surface area contributed by atoms with Gasteiger partial charge in [-0.15, -0.1) is 0 Å². The molecule has 0 aliphatic heterocycles. The normalized spacial score (nSPS) is 15.7. The van der Waals surface area contributed by atoms with Gasteiger partial charge in [0.1, 0.15) is 0 Å². The number of aryl methyl sites for hydroxylation is 2. The van der Waals surface area contributed by atoms with E-state index in [9.17, 15) is 0 Å². The first-order valence-electron chi connectivity index (χ1n) is 14.0. The summed E-state index contributed by atoms with van der Waals surface area (Å²) in [6.45, 7) is 2.21. The van der Waals surface area contributed by atoms with E-state index in [1.165, 1.54) is 77.8 Å². The highest BCUT2D eigenvalue weighted by Gasteiger charge is 2.53. The fraction of sp³-hybridized carbons (Fsp3) is 0.105. The van der Waals surface area contributed by atoms with Crippen molar-refractivity contribution in [1.29, 1.82) is 0 Å². The molecule has 0 fully saturated rings. The molecular weight excluding hydrogens is 470 g/mol. The van der Waals surface area contributed by atoms with E-state index in [4.69, 9.17) is 0 Å². The molecule has 0 atom stereocenters. The van der Waals surface area contributed by atoms with Gasteiger partial charge in [-0.3, -0.25) is 0 Å². The van der Waals surface area contributed by atoms with Crippen molar-refractivity contribution in [3.63, 3.8) is 0 Å². The number of aromatic amines is 1. The van der Waals surface area contributed by atoms with E-state index >= 15 is 0 Å². The van der Waals surface area contributed by atoms with Gasteiger partial charge in [-0.25, -0.2) is 0 Å². The highest BCUT2D eigenvalue weighted by molar-refractivity contribution is 6.05. The zero-order chi connectivity index (χ0) is 25.7. The van der Waals surface area contributed by atoms with E-state index in [0.717, 1.165) is 12.8 Å². The Morgan fingerprint density at radius 3 is 1.79 bits per heavy atom. The molecule has 3 aliphatic rings. The van der Waals surface area contributed by atoms with Crippen molar-refractivity contribution < 1.29 is 0 Å². The Labute approximate surface area is 228 Å². The van der Waals surface area contributed by atoms with E-state index < -0.39 is 0 Å². The number of hydrogen-bond acceptors (Lipinski definition) is 0. The Balaban J connectivity index is 1.39. The van der Waals surface area contributed by atoms with Gasteiger partial charge in [0.15, 0.2) is 0 Å². The van der Waals surface area contributed by atoms with Crippen LogP contribution in [0.4, 0.5) is 0 Å². The molecule has 0 unspecified atom stereocenters. The fourth-order valence-electron chi connectivity index (χ4n) is 8.09. The molecule has 1 nitrogen and oxygen atoms in total. The second-order valence-corrected chi connectivity index (χ2v) is 11.3. The number of allylic oxidation sites excluding steroid dienone is 1. The van der Waals surface area contributed by atoms with Crippen molar-refractivity contribution in [1.82, 2.24) is 4.98 Å². The molecule has 1 heterocycles. The molecule has 1 heteroatoms. The average molecular weight is 498 g/mol.